The van der Waals surface area contributed by atoms with Gasteiger partial charge in [-0.2, -0.15) is 0 Å². The van der Waals surface area contributed by atoms with E-state index >= 15 is 0 Å². The van der Waals surface area contributed by atoms with E-state index in [2.05, 4.69) is 31.3 Å². The zero-order valence-corrected chi connectivity index (χ0v) is 20.3. The molecule has 3 fully saturated rings. The zero-order valence-electron chi connectivity index (χ0n) is 20.3. The predicted octanol–water partition coefficient (Wildman–Crippen LogP) is 3.99. The van der Waals surface area contributed by atoms with E-state index < -0.39 is 11.0 Å². The molecule has 2 saturated carbocycles. The van der Waals surface area contributed by atoms with Gasteiger partial charge < -0.3 is 23.8 Å². The molecule has 5 nitrogen and oxygen atoms in total. The highest BCUT2D eigenvalue weighted by atomic mass is 16.6. The summed E-state index contributed by atoms with van der Waals surface area (Å²) in [4.78, 5) is 0. The maximum atomic E-state index is 12.7. The number of likely N-dealkylation sites (tertiary alicyclic amines) is 1. The lowest BCUT2D eigenvalue weighted by atomic mass is 9.48. The first-order chi connectivity index (χ1) is 16.5. The molecule has 2 aliphatic heterocycles. The minimum absolute atomic E-state index is 0.0125. The number of nitrogens with zero attached hydrogens (tertiary/aromatic N) is 1. The minimum atomic E-state index is -0.773. The van der Waals surface area contributed by atoms with E-state index in [0.29, 0.717) is 6.61 Å². The van der Waals surface area contributed by atoms with Crippen LogP contribution in [0.2, 0.25) is 0 Å². The first-order valence-electron chi connectivity index (χ1n) is 13.1. The second kappa shape index (κ2) is 7.22. The highest BCUT2D eigenvalue weighted by molar-refractivity contribution is 5.62. The molecule has 2 bridgehead atoms. The zero-order chi connectivity index (χ0) is 23.1. The first-order valence-corrected chi connectivity index (χ1v) is 13.1. The summed E-state index contributed by atoms with van der Waals surface area (Å²) in [5.74, 6) is 2.49. The van der Waals surface area contributed by atoms with Crippen LogP contribution < -0.4 is 9.47 Å². The number of hydrogen-bond donors (Lipinski definition) is 1. The van der Waals surface area contributed by atoms with Gasteiger partial charge in [-0.3, -0.25) is 0 Å². The van der Waals surface area contributed by atoms with E-state index in [4.69, 9.17) is 14.2 Å². The van der Waals surface area contributed by atoms with E-state index in [1.165, 1.54) is 30.5 Å². The Balaban J connectivity index is 1.34. The van der Waals surface area contributed by atoms with Crippen LogP contribution in [0.1, 0.15) is 48.8 Å². The maximum Gasteiger partial charge on any atom is 0.166 e. The minimum Gasteiger partial charge on any atom is -0.485 e. The lowest BCUT2D eigenvalue weighted by molar-refractivity contribution is -0.950. The summed E-state index contributed by atoms with van der Waals surface area (Å²) in [6.45, 7) is 2.79. The summed E-state index contributed by atoms with van der Waals surface area (Å²) in [5.41, 5.74) is 2.52. The van der Waals surface area contributed by atoms with E-state index in [1.807, 2.05) is 18.2 Å². The van der Waals surface area contributed by atoms with Gasteiger partial charge in [0.25, 0.3) is 0 Å². The van der Waals surface area contributed by atoms with Crippen molar-refractivity contribution in [2.75, 3.05) is 27.2 Å². The molecule has 5 aliphatic rings. The van der Waals surface area contributed by atoms with E-state index in [0.717, 1.165) is 59.7 Å². The fourth-order valence-electron chi connectivity index (χ4n) is 8.19. The second-order valence-electron chi connectivity index (χ2n) is 11.7. The van der Waals surface area contributed by atoms with Crippen LogP contribution in [0.3, 0.4) is 0 Å². The van der Waals surface area contributed by atoms with Crippen LogP contribution in [0, 0.1) is 5.92 Å². The molecule has 34 heavy (non-hydrogen) atoms. The number of quaternary nitrogens is 1. The van der Waals surface area contributed by atoms with Gasteiger partial charge in [0.15, 0.2) is 11.5 Å². The molecule has 180 valence electrons. The molecule has 2 heterocycles. The average molecular weight is 463 g/mol. The normalized spacial score (nSPS) is 39.3. The third kappa shape index (κ3) is 2.72. The Morgan fingerprint density at radius 1 is 1.09 bits per heavy atom. The van der Waals surface area contributed by atoms with Crippen molar-refractivity contribution in [1.82, 2.24) is 0 Å². The Labute approximate surface area is 202 Å². The Hall–Kier alpha value is -2.08. The Kier molecular flexibility index (Phi) is 4.51. The van der Waals surface area contributed by atoms with Gasteiger partial charge >= 0.3 is 0 Å². The molecular formula is C29H36NO4+. The molecule has 1 N–H and O–H groups in total. The van der Waals surface area contributed by atoms with Crippen LogP contribution in [-0.4, -0.2) is 60.7 Å². The van der Waals surface area contributed by atoms with Crippen molar-refractivity contribution in [3.05, 3.63) is 59.2 Å². The van der Waals surface area contributed by atoms with Gasteiger partial charge in [0.2, 0.25) is 0 Å². The molecule has 6 atom stereocenters. The summed E-state index contributed by atoms with van der Waals surface area (Å²) in [6, 6.07) is 14.8. The summed E-state index contributed by atoms with van der Waals surface area (Å²) in [7, 11) is 4.20. The van der Waals surface area contributed by atoms with Crippen molar-refractivity contribution < 1.29 is 23.8 Å². The first kappa shape index (κ1) is 21.2. The Morgan fingerprint density at radius 3 is 2.68 bits per heavy atom. The number of rotatable bonds is 6. The number of hydrogen-bond acceptors (Lipinski definition) is 4. The van der Waals surface area contributed by atoms with Gasteiger partial charge in [-0.25, -0.2) is 0 Å². The summed E-state index contributed by atoms with van der Waals surface area (Å²) in [5, 5.41) is 12.7. The fourth-order valence-corrected chi connectivity index (χ4v) is 8.19. The summed E-state index contributed by atoms with van der Waals surface area (Å²) in [6.07, 6.45) is 6.00. The van der Waals surface area contributed by atoms with Crippen LogP contribution in [0.5, 0.6) is 11.5 Å². The molecular weight excluding hydrogens is 426 g/mol. The van der Waals surface area contributed by atoms with Crippen LogP contribution >= 0.6 is 0 Å². The van der Waals surface area contributed by atoms with Gasteiger partial charge in [0, 0.05) is 31.4 Å². The van der Waals surface area contributed by atoms with E-state index in [1.54, 1.807) is 7.11 Å². The van der Waals surface area contributed by atoms with Gasteiger partial charge in [-0.05, 0) is 42.9 Å². The highest BCUT2D eigenvalue weighted by Crippen LogP contribution is 2.66. The SMILES string of the molecule is COC1CCC2(O)[C@H]3Cc4ccc(OCc5ccccc5)c5c4[C@@]2(CC[N+]3(C)CC2CC2)[C@H]1O5. The Bertz CT molecular complexity index is 1120. The van der Waals surface area contributed by atoms with Crippen molar-refractivity contribution in [3.63, 3.8) is 0 Å². The largest absolute Gasteiger partial charge is 0.485 e. The predicted molar refractivity (Wildman–Crippen MR) is 129 cm³/mol. The monoisotopic (exact) mass is 462 g/mol. The number of ether oxygens (including phenoxy) is 3. The lowest BCUT2D eigenvalue weighted by Gasteiger charge is -2.65. The van der Waals surface area contributed by atoms with E-state index in [9.17, 15) is 5.11 Å². The third-order valence-corrected chi connectivity index (χ3v) is 9.95. The van der Waals surface area contributed by atoms with Crippen LogP contribution in [0.4, 0.5) is 0 Å². The van der Waals surface area contributed by atoms with Crippen LogP contribution in [-0.2, 0) is 23.2 Å². The smallest absolute Gasteiger partial charge is 0.166 e. The number of benzene rings is 2. The molecule has 2 aromatic rings. The molecule has 1 spiro atoms. The second-order valence-corrected chi connectivity index (χ2v) is 11.7. The lowest BCUT2D eigenvalue weighted by Crippen LogP contribution is -2.81. The summed E-state index contributed by atoms with van der Waals surface area (Å²) >= 11 is 0. The number of aliphatic hydroxyl groups is 1. The van der Waals surface area contributed by atoms with Crippen LogP contribution in [0.15, 0.2) is 42.5 Å². The van der Waals surface area contributed by atoms with Crippen molar-refractivity contribution in [1.29, 1.82) is 0 Å². The van der Waals surface area contributed by atoms with Crippen LogP contribution in [0.25, 0.3) is 0 Å². The third-order valence-electron chi connectivity index (χ3n) is 9.95. The molecule has 3 aliphatic carbocycles. The van der Waals surface area contributed by atoms with Gasteiger partial charge in [0.05, 0.1) is 31.7 Å². The standard InChI is InChI=1S/C29H36NO4/c1-30(17-19-8-9-19)15-14-28-25-21-10-11-22(33-18-20-6-4-3-5-7-20)26(25)34-27(28)23(32-2)12-13-29(28,31)24(30)16-21/h3-7,10-11,19,23-24,27,31H,8-9,12-18H2,1-2H3/q+1/t23?,24-,27+,28+,29?,30?/m1/s1. The summed E-state index contributed by atoms with van der Waals surface area (Å²) < 4.78 is 20.1. The molecule has 3 unspecified atom stereocenters. The number of methoxy groups -OCH3 is 1. The van der Waals surface area contributed by atoms with Gasteiger partial charge in [0.1, 0.15) is 24.4 Å². The number of piperidine rings is 1. The van der Waals surface area contributed by atoms with Crippen molar-refractivity contribution in [2.45, 2.75) is 74.4 Å². The molecule has 1 saturated heterocycles. The van der Waals surface area contributed by atoms with Gasteiger partial charge in [-0.1, -0.05) is 36.4 Å². The molecule has 0 radical (unpaired) electrons. The quantitative estimate of drug-likeness (QED) is 0.660. The molecule has 7 rings (SSSR count). The van der Waals surface area contributed by atoms with E-state index in [-0.39, 0.29) is 18.2 Å². The molecule has 5 heteroatoms. The van der Waals surface area contributed by atoms with Crippen molar-refractivity contribution in [2.24, 2.45) is 5.92 Å². The maximum absolute atomic E-state index is 12.7. The van der Waals surface area contributed by atoms with Crippen molar-refractivity contribution in [3.8, 4) is 11.5 Å². The molecule has 2 aromatic carbocycles. The number of likely N-dealkylation sites (N-methyl/N-ethyl adjacent to an activating group) is 1. The topological polar surface area (TPSA) is 47.9 Å². The molecule has 0 amide bonds. The van der Waals surface area contributed by atoms with Crippen molar-refractivity contribution >= 4 is 0 Å². The average Bonchev–Trinajstić information content (AvgIpc) is 3.58. The fraction of sp³-hybridized carbons (Fsp3) is 0.586. The molecule has 0 aromatic heterocycles. The highest BCUT2D eigenvalue weighted by Gasteiger charge is 2.76. The van der Waals surface area contributed by atoms with Gasteiger partial charge in [-0.15, -0.1) is 0 Å². The Morgan fingerprint density at radius 2 is 1.91 bits per heavy atom.